The van der Waals surface area contributed by atoms with Gasteiger partial charge in [-0.25, -0.2) is 4.79 Å². The van der Waals surface area contributed by atoms with Crippen LogP contribution < -0.4 is 0 Å². The van der Waals surface area contributed by atoms with Crippen molar-refractivity contribution in [1.29, 1.82) is 0 Å². The summed E-state index contributed by atoms with van der Waals surface area (Å²) in [7, 11) is 0. The summed E-state index contributed by atoms with van der Waals surface area (Å²) >= 11 is 0. The summed E-state index contributed by atoms with van der Waals surface area (Å²) in [5.41, 5.74) is 0. The maximum atomic E-state index is 10.8. The van der Waals surface area contributed by atoms with Crippen molar-refractivity contribution in [3.63, 3.8) is 0 Å². The van der Waals surface area contributed by atoms with Crippen LogP contribution >= 0.6 is 0 Å². The highest BCUT2D eigenvalue weighted by molar-refractivity contribution is 5.61. The van der Waals surface area contributed by atoms with Crippen molar-refractivity contribution in [3.05, 3.63) is 0 Å². The van der Waals surface area contributed by atoms with Gasteiger partial charge < -0.3 is 33.5 Å². The molecule has 1 aliphatic carbocycles. The summed E-state index contributed by atoms with van der Waals surface area (Å²) in [6.45, 7) is 4.39. The van der Waals surface area contributed by atoms with Gasteiger partial charge in [0, 0.05) is 20.1 Å². The van der Waals surface area contributed by atoms with Gasteiger partial charge in [0.15, 0.2) is 6.10 Å². The van der Waals surface area contributed by atoms with Gasteiger partial charge in [0.1, 0.15) is 12.7 Å². The van der Waals surface area contributed by atoms with Gasteiger partial charge >= 0.3 is 6.16 Å². The molecule has 0 radical (unpaired) electrons. The van der Waals surface area contributed by atoms with Crippen LogP contribution in [0.15, 0.2) is 0 Å². The van der Waals surface area contributed by atoms with Crippen molar-refractivity contribution in [2.24, 2.45) is 11.8 Å². The van der Waals surface area contributed by atoms with Crippen LogP contribution in [-0.4, -0.2) is 69.1 Å². The molecule has 2 heterocycles. The summed E-state index contributed by atoms with van der Waals surface area (Å²) in [4.78, 5) is 10.8. The minimum absolute atomic E-state index is 0.201. The molecule has 2 saturated heterocycles. The van der Waals surface area contributed by atoms with E-state index < -0.39 is 12.1 Å². The second-order valence-electron chi connectivity index (χ2n) is 7.21. The predicted octanol–water partition coefficient (Wildman–Crippen LogP) is 1.44. The Kier molecular flexibility index (Phi) is 6.51. The van der Waals surface area contributed by atoms with Crippen LogP contribution in [0.25, 0.3) is 0 Å². The SMILES string of the molecule is CC1(O)OCC(COCC2CCC(COCC3COC(=O)O3)CC2)O1. The molecule has 144 valence electrons. The highest BCUT2D eigenvalue weighted by atomic mass is 16.9. The van der Waals surface area contributed by atoms with Crippen LogP contribution in [0, 0.1) is 11.8 Å². The van der Waals surface area contributed by atoms with Crippen molar-refractivity contribution < 1.29 is 38.3 Å². The molecule has 0 aromatic rings. The van der Waals surface area contributed by atoms with E-state index in [0.717, 1.165) is 25.7 Å². The number of carbonyl (C=O) groups is 1. The molecule has 0 spiro atoms. The maximum Gasteiger partial charge on any atom is 0.508 e. The lowest BCUT2D eigenvalue weighted by Crippen LogP contribution is -2.28. The molecule has 3 fully saturated rings. The molecule has 8 nitrogen and oxygen atoms in total. The molecular formula is C17H28O8. The van der Waals surface area contributed by atoms with Crippen LogP contribution in [0.2, 0.25) is 0 Å². The van der Waals surface area contributed by atoms with Gasteiger partial charge in [0.2, 0.25) is 0 Å². The average molecular weight is 360 g/mol. The van der Waals surface area contributed by atoms with Crippen LogP contribution in [0.5, 0.6) is 0 Å². The number of cyclic esters (lactones) is 2. The monoisotopic (exact) mass is 360 g/mol. The Labute approximate surface area is 147 Å². The van der Waals surface area contributed by atoms with Crippen molar-refractivity contribution in [1.82, 2.24) is 0 Å². The fraction of sp³-hybridized carbons (Fsp3) is 0.941. The molecule has 8 heteroatoms. The van der Waals surface area contributed by atoms with E-state index in [0.29, 0.717) is 44.9 Å². The van der Waals surface area contributed by atoms with E-state index in [1.54, 1.807) is 0 Å². The van der Waals surface area contributed by atoms with Crippen molar-refractivity contribution in [3.8, 4) is 0 Å². The molecule has 2 aliphatic heterocycles. The number of hydrogen-bond donors (Lipinski definition) is 1. The first-order chi connectivity index (χ1) is 12.0. The zero-order valence-electron chi connectivity index (χ0n) is 14.7. The summed E-state index contributed by atoms with van der Waals surface area (Å²) in [5.74, 6) is -0.367. The molecule has 0 aromatic heterocycles. The molecule has 3 atom stereocenters. The first-order valence-corrected chi connectivity index (χ1v) is 9.03. The van der Waals surface area contributed by atoms with E-state index in [-0.39, 0.29) is 18.8 Å². The highest BCUT2D eigenvalue weighted by Crippen LogP contribution is 2.29. The number of ether oxygens (including phenoxy) is 6. The molecular weight excluding hydrogens is 332 g/mol. The molecule has 3 rings (SSSR count). The molecule has 0 aromatic carbocycles. The van der Waals surface area contributed by atoms with Gasteiger partial charge in [-0.2, -0.15) is 0 Å². The zero-order valence-corrected chi connectivity index (χ0v) is 14.7. The molecule has 3 unspecified atom stereocenters. The van der Waals surface area contributed by atoms with E-state index in [1.807, 2.05) is 0 Å². The maximum absolute atomic E-state index is 10.8. The van der Waals surface area contributed by atoms with E-state index in [2.05, 4.69) is 0 Å². The smallest absolute Gasteiger partial charge is 0.430 e. The minimum Gasteiger partial charge on any atom is -0.430 e. The van der Waals surface area contributed by atoms with Gasteiger partial charge in [0.25, 0.3) is 5.97 Å². The molecule has 1 N–H and O–H groups in total. The van der Waals surface area contributed by atoms with E-state index in [1.165, 1.54) is 6.92 Å². The van der Waals surface area contributed by atoms with Crippen molar-refractivity contribution in [2.45, 2.75) is 50.8 Å². The molecule has 1 saturated carbocycles. The van der Waals surface area contributed by atoms with Crippen molar-refractivity contribution in [2.75, 3.05) is 39.6 Å². The Hall–Kier alpha value is -0.930. The second-order valence-corrected chi connectivity index (χ2v) is 7.21. The third-order valence-electron chi connectivity index (χ3n) is 4.85. The Balaban J connectivity index is 1.21. The summed E-state index contributed by atoms with van der Waals surface area (Å²) in [5, 5.41) is 9.55. The third kappa shape index (κ3) is 6.07. The van der Waals surface area contributed by atoms with Crippen LogP contribution in [0.1, 0.15) is 32.6 Å². The average Bonchev–Trinajstić information content (AvgIpc) is 3.14. The third-order valence-corrected chi connectivity index (χ3v) is 4.85. The van der Waals surface area contributed by atoms with Crippen LogP contribution in [0.4, 0.5) is 4.79 Å². The van der Waals surface area contributed by atoms with E-state index in [4.69, 9.17) is 28.4 Å². The largest absolute Gasteiger partial charge is 0.508 e. The van der Waals surface area contributed by atoms with Gasteiger partial charge in [-0.05, 0) is 37.5 Å². The lowest BCUT2D eigenvalue weighted by Gasteiger charge is -2.28. The summed E-state index contributed by atoms with van der Waals surface area (Å²) in [6.07, 6.45) is 3.41. The first kappa shape index (κ1) is 18.8. The summed E-state index contributed by atoms with van der Waals surface area (Å²) in [6, 6.07) is 0. The molecule has 25 heavy (non-hydrogen) atoms. The van der Waals surface area contributed by atoms with Crippen LogP contribution in [-0.2, 0) is 28.4 Å². The lowest BCUT2D eigenvalue weighted by molar-refractivity contribution is -0.300. The van der Waals surface area contributed by atoms with Crippen LogP contribution in [0.3, 0.4) is 0 Å². The number of rotatable bonds is 8. The van der Waals surface area contributed by atoms with Gasteiger partial charge in [-0.3, -0.25) is 0 Å². The predicted molar refractivity (Wildman–Crippen MR) is 84.8 cm³/mol. The fourth-order valence-corrected chi connectivity index (χ4v) is 3.45. The number of hydrogen-bond acceptors (Lipinski definition) is 8. The van der Waals surface area contributed by atoms with Gasteiger partial charge in [-0.15, -0.1) is 0 Å². The quantitative estimate of drug-likeness (QED) is 0.650. The highest BCUT2D eigenvalue weighted by Gasteiger charge is 2.35. The fourth-order valence-electron chi connectivity index (χ4n) is 3.45. The normalized spacial score (nSPS) is 38.6. The zero-order chi connectivity index (χ0) is 17.7. The van der Waals surface area contributed by atoms with Gasteiger partial charge in [0.05, 0.1) is 19.8 Å². The Bertz CT molecular complexity index is 432. The minimum atomic E-state index is -1.48. The second kappa shape index (κ2) is 8.64. The van der Waals surface area contributed by atoms with E-state index in [9.17, 15) is 9.90 Å². The Morgan fingerprint density at radius 2 is 1.60 bits per heavy atom. The standard InChI is InChI=1S/C17H28O8/c1-17(19)23-11-15(25-17)9-21-7-13-4-2-12(3-5-13)6-20-8-14-10-22-16(18)24-14/h12-15,19H,2-11H2,1H3. The number of aliphatic hydroxyl groups is 1. The number of carbonyl (C=O) groups excluding carboxylic acids is 1. The summed E-state index contributed by atoms with van der Waals surface area (Å²) < 4.78 is 31.4. The van der Waals surface area contributed by atoms with E-state index >= 15 is 0 Å². The Morgan fingerprint density at radius 1 is 1.00 bits per heavy atom. The lowest BCUT2D eigenvalue weighted by atomic mass is 9.83. The van der Waals surface area contributed by atoms with Gasteiger partial charge in [-0.1, -0.05) is 0 Å². The van der Waals surface area contributed by atoms with Crippen molar-refractivity contribution >= 4 is 6.16 Å². The molecule has 0 amide bonds. The molecule has 0 bridgehead atoms. The topological polar surface area (TPSA) is 92.7 Å². The molecule has 3 aliphatic rings. The Morgan fingerprint density at radius 3 is 2.08 bits per heavy atom. The first-order valence-electron chi connectivity index (χ1n) is 9.03.